The number of nitrogen functional groups attached to an aromatic ring is 1. The number of methoxy groups -OCH3 is 2. The lowest BCUT2D eigenvalue weighted by atomic mass is 10.1. The monoisotopic (exact) mass is 466 g/mol. The molecule has 0 aliphatic heterocycles. The van der Waals surface area contributed by atoms with Gasteiger partial charge in [-0.25, -0.2) is 9.97 Å². The highest BCUT2D eigenvalue weighted by Crippen LogP contribution is 2.32. The fourth-order valence-electron chi connectivity index (χ4n) is 3.47. The van der Waals surface area contributed by atoms with Gasteiger partial charge in [-0.3, -0.25) is 10.1 Å². The lowest BCUT2D eigenvalue weighted by Crippen LogP contribution is -2.11. The standard InChI is InChI=1S/C22H22N6O6/c1-33-19-7-13(23)3-5-17(19)26-9-15(24-11-26)21(29)22(30)16-10-27(12-25-16)18-6-4-14(28(31)32)8-20(18)34-2/h3-12,21-22,29-30H,23H2,1-2H3. The van der Waals surface area contributed by atoms with Crippen LogP contribution in [-0.2, 0) is 0 Å². The van der Waals surface area contributed by atoms with Crippen molar-refractivity contribution in [1.29, 1.82) is 0 Å². The lowest BCUT2D eigenvalue weighted by molar-refractivity contribution is -0.384. The van der Waals surface area contributed by atoms with E-state index in [4.69, 9.17) is 15.2 Å². The van der Waals surface area contributed by atoms with Crippen molar-refractivity contribution in [3.05, 3.63) is 82.9 Å². The molecule has 0 aliphatic rings. The van der Waals surface area contributed by atoms with Crippen molar-refractivity contribution in [2.75, 3.05) is 20.0 Å². The van der Waals surface area contributed by atoms with Crippen molar-refractivity contribution in [3.63, 3.8) is 0 Å². The molecule has 34 heavy (non-hydrogen) atoms. The molecule has 4 rings (SSSR count). The number of hydrogen-bond donors (Lipinski definition) is 3. The highest BCUT2D eigenvalue weighted by molar-refractivity contribution is 5.56. The predicted molar refractivity (Wildman–Crippen MR) is 121 cm³/mol. The van der Waals surface area contributed by atoms with E-state index >= 15 is 0 Å². The Hall–Kier alpha value is -4.42. The first-order chi connectivity index (χ1) is 16.3. The number of non-ortho nitro benzene ring substituents is 1. The van der Waals surface area contributed by atoms with Gasteiger partial charge in [0.15, 0.2) is 0 Å². The van der Waals surface area contributed by atoms with Crippen LogP contribution in [0.2, 0.25) is 0 Å². The summed E-state index contributed by atoms with van der Waals surface area (Å²) in [4.78, 5) is 18.9. The fraction of sp³-hybridized carbons (Fsp3) is 0.182. The molecule has 0 spiro atoms. The fourth-order valence-corrected chi connectivity index (χ4v) is 3.47. The summed E-state index contributed by atoms with van der Waals surface area (Å²) in [5, 5.41) is 32.5. The van der Waals surface area contributed by atoms with Crippen LogP contribution in [0.4, 0.5) is 11.4 Å². The second-order valence-corrected chi connectivity index (χ2v) is 7.35. The van der Waals surface area contributed by atoms with Gasteiger partial charge in [-0.05, 0) is 18.2 Å². The molecule has 0 fully saturated rings. The molecule has 0 saturated heterocycles. The number of rotatable bonds is 8. The van der Waals surface area contributed by atoms with E-state index in [2.05, 4.69) is 9.97 Å². The van der Waals surface area contributed by atoms with Gasteiger partial charge in [-0.15, -0.1) is 0 Å². The van der Waals surface area contributed by atoms with Crippen LogP contribution in [0.5, 0.6) is 11.5 Å². The highest BCUT2D eigenvalue weighted by Gasteiger charge is 2.25. The van der Waals surface area contributed by atoms with Crippen LogP contribution < -0.4 is 15.2 Å². The van der Waals surface area contributed by atoms with Crippen molar-refractivity contribution in [2.24, 2.45) is 0 Å². The molecule has 4 aromatic rings. The van der Waals surface area contributed by atoms with E-state index in [1.807, 2.05) is 0 Å². The maximum absolute atomic E-state index is 11.0. The minimum absolute atomic E-state index is 0.121. The van der Waals surface area contributed by atoms with E-state index in [1.165, 1.54) is 55.8 Å². The number of benzene rings is 2. The normalized spacial score (nSPS) is 12.8. The second kappa shape index (κ2) is 9.21. The van der Waals surface area contributed by atoms with Crippen LogP contribution >= 0.6 is 0 Å². The molecular formula is C22H22N6O6. The number of nitrogens with two attached hydrogens (primary N) is 1. The number of aliphatic hydroxyl groups is 2. The Bertz CT molecular complexity index is 1330. The van der Waals surface area contributed by atoms with E-state index in [9.17, 15) is 20.3 Å². The van der Waals surface area contributed by atoms with Crippen LogP contribution in [0, 0.1) is 10.1 Å². The summed E-state index contributed by atoms with van der Waals surface area (Å²) in [6, 6.07) is 9.26. The van der Waals surface area contributed by atoms with Gasteiger partial charge in [0.25, 0.3) is 5.69 Å². The number of hydrogen-bond acceptors (Lipinski definition) is 9. The first-order valence-electron chi connectivity index (χ1n) is 10.0. The molecule has 2 unspecified atom stereocenters. The van der Waals surface area contributed by atoms with Gasteiger partial charge < -0.3 is 34.6 Å². The zero-order valence-corrected chi connectivity index (χ0v) is 18.3. The van der Waals surface area contributed by atoms with Crippen molar-refractivity contribution in [1.82, 2.24) is 19.1 Å². The van der Waals surface area contributed by atoms with Crippen LogP contribution in [0.15, 0.2) is 61.4 Å². The Morgan fingerprint density at radius 1 is 0.912 bits per heavy atom. The Morgan fingerprint density at radius 3 is 1.91 bits per heavy atom. The van der Waals surface area contributed by atoms with Crippen molar-refractivity contribution in [3.8, 4) is 22.9 Å². The summed E-state index contributed by atoms with van der Waals surface area (Å²) in [6.45, 7) is 0. The number of nitro benzene ring substituents is 1. The zero-order chi connectivity index (χ0) is 24.4. The molecule has 0 amide bonds. The highest BCUT2D eigenvalue weighted by atomic mass is 16.6. The first-order valence-corrected chi connectivity index (χ1v) is 10.0. The summed E-state index contributed by atoms with van der Waals surface area (Å²) in [5.74, 6) is 0.777. The molecule has 12 nitrogen and oxygen atoms in total. The third-order valence-corrected chi connectivity index (χ3v) is 5.24. The summed E-state index contributed by atoms with van der Waals surface area (Å²) in [6.07, 6.45) is 3.20. The van der Waals surface area contributed by atoms with Crippen molar-refractivity contribution < 1.29 is 24.6 Å². The molecule has 0 aliphatic carbocycles. The minimum Gasteiger partial charge on any atom is -0.494 e. The quantitative estimate of drug-likeness (QED) is 0.201. The maximum atomic E-state index is 11.0. The maximum Gasteiger partial charge on any atom is 0.273 e. The molecule has 0 radical (unpaired) electrons. The van der Waals surface area contributed by atoms with Gasteiger partial charge in [-0.2, -0.15) is 0 Å². The number of nitro groups is 1. The summed E-state index contributed by atoms with van der Waals surface area (Å²) in [7, 11) is 2.91. The Kier molecular flexibility index (Phi) is 6.17. The largest absolute Gasteiger partial charge is 0.494 e. The molecular weight excluding hydrogens is 444 g/mol. The average Bonchev–Trinajstić information content (AvgIpc) is 3.53. The van der Waals surface area contributed by atoms with Gasteiger partial charge in [0.1, 0.15) is 23.7 Å². The third-order valence-electron chi connectivity index (χ3n) is 5.24. The Balaban J connectivity index is 1.58. The number of aliphatic hydroxyl groups excluding tert-OH is 2. The molecule has 0 saturated carbocycles. The Morgan fingerprint density at radius 2 is 1.41 bits per heavy atom. The average molecular weight is 466 g/mol. The predicted octanol–water partition coefficient (Wildman–Crippen LogP) is 2.33. The number of aromatic nitrogens is 4. The van der Waals surface area contributed by atoms with E-state index in [0.29, 0.717) is 22.8 Å². The number of anilines is 1. The molecule has 2 aromatic heterocycles. The van der Waals surface area contributed by atoms with Crippen LogP contribution in [0.25, 0.3) is 11.4 Å². The van der Waals surface area contributed by atoms with E-state index in [-0.39, 0.29) is 22.8 Å². The zero-order valence-electron chi connectivity index (χ0n) is 18.3. The molecule has 0 bridgehead atoms. The van der Waals surface area contributed by atoms with Gasteiger partial charge in [0, 0.05) is 30.2 Å². The van der Waals surface area contributed by atoms with E-state index in [1.54, 1.807) is 29.0 Å². The van der Waals surface area contributed by atoms with Gasteiger partial charge in [-0.1, -0.05) is 0 Å². The van der Waals surface area contributed by atoms with Crippen LogP contribution in [0.3, 0.4) is 0 Å². The lowest BCUT2D eigenvalue weighted by Gasteiger charge is -2.14. The molecule has 2 aromatic carbocycles. The summed E-state index contributed by atoms with van der Waals surface area (Å²) in [5.41, 5.74) is 7.74. The van der Waals surface area contributed by atoms with Crippen molar-refractivity contribution >= 4 is 11.4 Å². The second-order valence-electron chi connectivity index (χ2n) is 7.35. The SMILES string of the molecule is COc1cc(N)ccc1-n1cnc(C(O)C(O)c2cn(-c3ccc([N+](=O)[O-])cc3OC)cn2)c1. The summed E-state index contributed by atoms with van der Waals surface area (Å²) < 4.78 is 13.8. The number of imidazole rings is 2. The van der Waals surface area contributed by atoms with E-state index in [0.717, 1.165) is 0 Å². The van der Waals surface area contributed by atoms with Crippen LogP contribution in [0.1, 0.15) is 23.6 Å². The molecule has 2 atom stereocenters. The van der Waals surface area contributed by atoms with Gasteiger partial charge >= 0.3 is 0 Å². The number of nitrogens with zero attached hydrogens (tertiary/aromatic N) is 5. The molecule has 176 valence electrons. The molecule has 4 N–H and O–H groups in total. The van der Waals surface area contributed by atoms with Gasteiger partial charge in [0.05, 0.1) is 60.6 Å². The molecule has 12 heteroatoms. The van der Waals surface area contributed by atoms with Crippen molar-refractivity contribution in [2.45, 2.75) is 12.2 Å². The Labute approximate surface area is 193 Å². The van der Waals surface area contributed by atoms with Gasteiger partial charge in [0.2, 0.25) is 0 Å². The first kappa shape index (κ1) is 22.8. The van der Waals surface area contributed by atoms with E-state index < -0.39 is 17.1 Å². The smallest absolute Gasteiger partial charge is 0.273 e. The minimum atomic E-state index is -1.39. The topological polar surface area (TPSA) is 164 Å². The summed E-state index contributed by atoms with van der Waals surface area (Å²) >= 11 is 0. The van der Waals surface area contributed by atoms with Crippen LogP contribution in [-0.4, -0.2) is 48.5 Å². The third kappa shape index (κ3) is 4.27. The number of ether oxygens (including phenoxy) is 2. The molecule has 2 heterocycles.